The van der Waals surface area contributed by atoms with Gasteiger partial charge in [0.1, 0.15) is 5.75 Å². The normalized spacial score (nSPS) is 12.8. The Morgan fingerprint density at radius 1 is 0.867 bits per heavy atom. The van der Waals surface area contributed by atoms with E-state index in [-0.39, 0.29) is 27.4 Å². The van der Waals surface area contributed by atoms with Crippen molar-refractivity contribution < 1.29 is 39.5 Å². The van der Waals surface area contributed by atoms with Crippen LogP contribution in [0, 0.1) is 0 Å². The van der Waals surface area contributed by atoms with Crippen LogP contribution in [0.3, 0.4) is 0 Å². The smallest absolute Gasteiger partial charge is 0.406 e. The predicted octanol–water partition coefficient (Wildman–Crippen LogP) is 4.31. The lowest BCUT2D eigenvalue weighted by Gasteiger charge is -2.09. The first-order chi connectivity index (χ1) is 13.7. The third-order valence-corrected chi connectivity index (χ3v) is 4.73. The summed E-state index contributed by atoms with van der Waals surface area (Å²) in [5.74, 6) is -1.89. The third-order valence-electron chi connectivity index (χ3n) is 3.81. The molecule has 13 heteroatoms. The molecule has 0 bridgehead atoms. The largest absolute Gasteiger partial charge is 0.573 e. The summed E-state index contributed by atoms with van der Waals surface area (Å²) < 4.78 is 103. The maximum Gasteiger partial charge on any atom is 0.573 e. The van der Waals surface area contributed by atoms with Crippen LogP contribution < -0.4 is 9.88 Å². The van der Waals surface area contributed by atoms with E-state index in [1.165, 1.54) is 12.1 Å². The number of aromatic amines is 1. The number of hydrogen-bond donors (Lipinski definition) is 2. The first kappa shape index (κ1) is 21.6. The summed E-state index contributed by atoms with van der Waals surface area (Å²) in [4.78, 5) is 5.38. The zero-order valence-corrected chi connectivity index (χ0v) is 15.4. The minimum atomic E-state index is -4.92. The lowest BCUT2D eigenvalue weighted by molar-refractivity contribution is -0.274. The summed E-state index contributed by atoms with van der Waals surface area (Å²) >= 11 is 0. The molecule has 0 radical (unpaired) electrons. The second kappa shape index (κ2) is 7.32. The molecule has 3 aromatic rings. The molecular formula is C17H11F6N3O3S. The van der Waals surface area contributed by atoms with Crippen molar-refractivity contribution in [1.29, 1.82) is 0 Å². The van der Waals surface area contributed by atoms with Gasteiger partial charge in [0.15, 0.2) is 0 Å². The second-order valence-corrected chi connectivity index (χ2v) is 7.51. The van der Waals surface area contributed by atoms with Gasteiger partial charge in [0.25, 0.3) is 0 Å². The Labute approximate surface area is 165 Å². The molecule has 0 fully saturated rings. The number of H-pyrrole nitrogens is 1. The summed E-state index contributed by atoms with van der Waals surface area (Å²) in [7, 11) is -4.02. The molecule has 3 rings (SSSR count). The van der Waals surface area contributed by atoms with Crippen LogP contribution in [-0.4, -0.2) is 24.7 Å². The van der Waals surface area contributed by atoms with Crippen LogP contribution >= 0.6 is 0 Å². The van der Waals surface area contributed by atoms with Crippen LogP contribution in [0.2, 0.25) is 0 Å². The topological polar surface area (TPSA) is 98.1 Å². The van der Waals surface area contributed by atoms with Crippen molar-refractivity contribution in [3.05, 3.63) is 54.4 Å². The number of aromatic nitrogens is 2. The van der Waals surface area contributed by atoms with Crippen molar-refractivity contribution >= 4 is 10.0 Å². The Balaban J connectivity index is 2.07. The fraction of sp³-hybridized carbons (Fsp3) is 0.118. The molecule has 0 saturated heterocycles. The van der Waals surface area contributed by atoms with E-state index in [2.05, 4.69) is 14.7 Å². The average Bonchev–Trinajstić information content (AvgIpc) is 3.06. The highest BCUT2D eigenvalue weighted by Gasteiger charge is 2.36. The monoisotopic (exact) mass is 451 g/mol. The molecule has 0 spiro atoms. The lowest BCUT2D eigenvalue weighted by Crippen LogP contribution is -2.16. The number of alkyl halides is 6. The van der Waals surface area contributed by atoms with Gasteiger partial charge in [-0.2, -0.15) is 13.2 Å². The van der Waals surface area contributed by atoms with Crippen LogP contribution in [0.4, 0.5) is 26.3 Å². The fourth-order valence-electron chi connectivity index (χ4n) is 2.55. The summed E-state index contributed by atoms with van der Waals surface area (Å²) in [5, 5.41) is 5.00. The number of sulfonamides is 1. The Bertz CT molecular complexity index is 1150. The Morgan fingerprint density at radius 3 is 1.87 bits per heavy atom. The zero-order valence-electron chi connectivity index (χ0n) is 14.5. The first-order valence-corrected chi connectivity index (χ1v) is 9.45. The van der Waals surface area contributed by atoms with Gasteiger partial charge in [0.2, 0.25) is 15.8 Å². The van der Waals surface area contributed by atoms with E-state index in [0.717, 1.165) is 36.4 Å². The number of nitrogens with zero attached hydrogens (tertiary/aromatic N) is 1. The Hall–Kier alpha value is -3.06. The van der Waals surface area contributed by atoms with Gasteiger partial charge in [-0.3, -0.25) is 0 Å². The minimum Gasteiger partial charge on any atom is -0.406 e. The highest BCUT2D eigenvalue weighted by Crippen LogP contribution is 2.36. The Morgan fingerprint density at radius 2 is 1.40 bits per heavy atom. The van der Waals surface area contributed by atoms with Crippen molar-refractivity contribution in [3.63, 3.8) is 0 Å². The maximum absolute atomic E-state index is 13.1. The van der Waals surface area contributed by atoms with E-state index in [9.17, 15) is 34.8 Å². The molecule has 0 unspecified atom stereocenters. The number of rotatable bonds is 4. The first-order valence-electron chi connectivity index (χ1n) is 7.91. The van der Waals surface area contributed by atoms with Crippen LogP contribution in [0.25, 0.3) is 22.5 Å². The number of ether oxygens (including phenoxy) is 1. The van der Waals surface area contributed by atoms with Crippen LogP contribution in [0.1, 0.15) is 5.82 Å². The third kappa shape index (κ3) is 4.91. The van der Waals surface area contributed by atoms with Crippen LogP contribution in [0.15, 0.2) is 53.4 Å². The second-order valence-electron chi connectivity index (χ2n) is 5.95. The molecular weight excluding hydrogens is 440 g/mol. The van der Waals surface area contributed by atoms with Crippen molar-refractivity contribution in [2.45, 2.75) is 17.4 Å². The van der Waals surface area contributed by atoms with Gasteiger partial charge in [-0.1, -0.05) is 12.1 Å². The Kier molecular flexibility index (Phi) is 5.28. The van der Waals surface area contributed by atoms with E-state index in [0.29, 0.717) is 0 Å². The number of nitrogens with one attached hydrogen (secondary N) is 1. The molecule has 2 aromatic carbocycles. The molecule has 0 aliphatic rings. The number of hydrogen-bond acceptors (Lipinski definition) is 4. The highest BCUT2D eigenvalue weighted by atomic mass is 32.2. The van der Waals surface area contributed by atoms with E-state index < -0.39 is 34.1 Å². The molecule has 0 atom stereocenters. The van der Waals surface area contributed by atoms with Crippen molar-refractivity contribution in [2.75, 3.05) is 0 Å². The number of nitrogens with two attached hydrogens (primary N) is 1. The van der Waals surface area contributed by atoms with Crippen LogP contribution in [0.5, 0.6) is 5.75 Å². The molecule has 0 aliphatic carbocycles. The maximum atomic E-state index is 13.1. The molecule has 0 saturated carbocycles. The predicted molar refractivity (Wildman–Crippen MR) is 92.5 cm³/mol. The standard InChI is InChI=1S/C17H11F6N3O3S/c18-16(19,20)15-25-13(9-1-5-11(6-2-9)29-17(21,22)23)14(26-15)10-3-7-12(8-4-10)30(24,27)28/h1-8H,(H,25,26)(H2,24,27,28). The molecule has 3 N–H and O–H groups in total. The zero-order chi connectivity index (χ0) is 22.3. The fourth-order valence-corrected chi connectivity index (χ4v) is 3.07. The average molecular weight is 451 g/mol. The molecule has 1 heterocycles. The van der Waals surface area contributed by atoms with Crippen molar-refractivity contribution in [1.82, 2.24) is 9.97 Å². The highest BCUT2D eigenvalue weighted by molar-refractivity contribution is 7.89. The number of primary sulfonamides is 1. The number of imidazole rings is 1. The summed E-state index contributed by atoms with van der Waals surface area (Å²) in [6.07, 6.45) is -9.75. The quantitative estimate of drug-likeness (QED) is 0.578. The minimum absolute atomic E-state index is 0.0954. The number of halogens is 6. The SMILES string of the molecule is NS(=O)(=O)c1ccc(-c2nc(C(F)(F)F)[nH]c2-c2ccc(OC(F)(F)F)cc2)cc1. The van der Waals surface area contributed by atoms with Crippen molar-refractivity contribution in [3.8, 4) is 28.3 Å². The summed E-state index contributed by atoms with van der Waals surface area (Å²) in [6, 6.07) is 8.72. The van der Waals surface area contributed by atoms with Gasteiger partial charge in [0.05, 0.1) is 16.3 Å². The van der Waals surface area contributed by atoms with Gasteiger partial charge < -0.3 is 9.72 Å². The molecule has 6 nitrogen and oxygen atoms in total. The lowest BCUT2D eigenvalue weighted by atomic mass is 10.1. The van der Waals surface area contributed by atoms with Gasteiger partial charge in [-0.15, -0.1) is 13.2 Å². The van der Waals surface area contributed by atoms with E-state index in [1.807, 2.05) is 0 Å². The molecule has 160 valence electrons. The molecule has 0 aliphatic heterocycles. The van der Waals surface area contributed by atoms with E-state index in [4.69, 9.17) is 5.14 Å². The van der Waals surface area contributed by atoms with E-state index >= 15 is 0 Å². The van der Waals surface area contributed by atoms with Gasteiger partial charge in [-0.05, 0) is 36.4 Å². The molecule has 0 amide bonds. The van der Waals surface area contributed by atoms with Gasteiger partial charge in [-0.25, -0.2) is 18.5 Å². The van der Waals surface area contributed by atoms with Crippen LogP contribution in [-0.2, 0) is 16.2 Å². The summed E-state index contributed by atoms with van der Waals surface area (Å²) in [5.41, 5.74) is -0.102. The number of benzene rings is 2. The molecule has 30 heavy (non-hydrogen) atoms. The van der Waals surface area contributed by atoms with Crippen molar-refractivity contribution in [2.24, 2.45) is 5.14 Å². The molecule has 1 aromatic heterocycles. The summed E-state index contributed by atoms with van der Waals surface area (Å²) in [6.45, 7) is 0. The van der Waals surface area contributed by atoms with Gasteiger partial charge >= 0.3 is 12.5 Å². The van der Waals surface area contributed by atoms with E-state index in [1.54, 1.807) is 0 Å². The van der Waals surface area contributed by atoms with Gasteiger partial charge in [0, 0.05) is 11.1 Å².